The number of hydrogen-bond donors (Lipinski definition) is 0. The summed E-state index contributed by atoms with van der Waals surface area (Å²) in [4.78, 5) is 13.9. The molecule has 1 fully saturated rings. The summed E-state index contributed by atoms with van der Waals surface area (Å²) in [7, 11) is 0. The molecular formula is C13H13BrF3NO. The summed E-state index contributed by atoms with van der Waals surface area (Å²) in [6.45, 7) is 0.514. The van der Waals surface area contributed by atoms with Crippen molar-refractivity contribution in [2.45, 2.75) is 25.1 Å². The van der Waals surface area contributed by atoms with E-state index in [1.165, 1.54) is 12.1 Å². The average Bonchev–Trinajstić information content (AvgIpc) is 3.18. The molecule has 1 aromatic rings. The Morgan fingerprint density at radius 3 is 2.58 bits per heavy atom. The van der Waals surface area contributed by atoms with Crippen molar-refractivity contribution in [3.63, 3.8) is 0 Å². The van der Waals surface area contributed by atoms with Crippen LogP contribution >= 0.6 is 15.9 Å². The second-order valence-corrected chi connectivity index (χ2v) is 5.29. The smallest absolute Gasteiger partial charge is 0.335 e. The van der Waals surface area contributed by atoms with Crippen LogP contribution in [-0.2, 0) is 6.18 Å². The summed E-state index contributed by atoms with van der Waals surface area (Å²) in [6, 6.07) is 4.78. The van der Waals surface area contributed by atoms with Gasteiger partial charge in [0.25, 0.3) is 5.91 Å². The number of carbonyl (C=O) groups is 1. The van der Waals surface area contributed by atoms with Gasteiger partial charge in [-0.25, -0.2) is 0 Å². The summed E-state index contributed by atoms with van der Waals surface area (Å²) in [6.07, 6.45) is -2.56. The Morgan fingerprint density at radius 2 is 2.05 bits per heavy atom. The van der Waals surface area contributed by atoms with Crippen molar-refractivity contribution in [3.05, 3.63) is 35.4 Å². The van der Waals surface area contributed by atoms with E-state index in [2.05, 4.69) is 15.9 Å². The third-order valence-corrected chi connectivity index (χ3v) is 3.37. The fourth-order valence-electron chi connectivity index (χ4n) is 1.92. The highest BCUT2D eigenvalue weighted by Gasteiger charge is 2.34. The molecule has 0 bridgehead atoms. The van der Waals surface area contributed by atoms with E-state index in [0.717, 1.165) is 25.0 Å². The lowest BCUT2D eigenvalue weighted by molar-refractivity contribution is -0.137. The monoisotopic (exact) mass is 335 g/mol. The van der Waals surface area contributed by atoms with Gasteiger partial charge in [-0.05, 0) is 31.0 Å². The Balaban J connectivity index is 2.22. The van der Waals surface area contributed by atoms with Crippen LogP contribution in [0, 0.1) is 0 Å². The number of halogens is 4. The number of rotatable bonds is 4. The summed E-state index contributed by atoms with van der Waals surface area (Å²) < 4.78 is 37.9. The lowest BCUT2D eigenvalue weighted by Gasteiger charge is -2.21. The molecule has 1 aliphatic carbocycles. The summed E-state index contributed by atoms with van der Waals surface area (Å²) in [5.74, 6) is -0.326. The third kappa shape index (κ3) is 3.49. The van der Waals surface area contributed by atoms with E-state index in [9.17, 15) is 18.0 Å². The van der Waals surface area contributed by atoms with Gasteiger partial charge in [0.15, 0.2) is 0 Å². The van der Waals surface area contributed by atoms with E-state index in [-0.39, 0.29) is 17.5 Å². The molecule has 2 rings (SSSR count). The summed E-state index contributed by atoms with van der Waals surface area (Å²) in [5.41, 5.74) is -0.685. The van der Waals surface area contributed by atoms with Gasteiger partial charge in [0.2, 0.25) is 0 Å². The maximum atomic E-state index is 12.6. The average molecular weight is 336 g/mol. The number of hydrogen-bond acceptors (Lipinski definition) is 1. The standard InChI is InChI=1S/C13H13BrF3NO/c14-6-7-18(11-4-5-11)12(19)9-2-1-3-10(8-9)13(15,16)17/h1-3,8,11H,4-7H2. The fraction of sp³-hybridized carbons (Fsp3) is 0.462. The van der Waals surface area contributed by atoms with E-state index in [1.807, 2.05) is 0 Å². The van der Waals surface area contributed by atoms with Gasteiger partial charge in [-0.3, -0.25) is 4.79 Å². The molecule has 0 radical (unpaired) electrons. The highest BCUT2D eigenvalue weighted by atomic mass is 79.9. The van der Waals surface area contributed by atoms with Crippen LogP contribution < -0.4 is 0 Å². The van der Waals surface area contributed by atoms with Crippen LogP contribution in [0.1, 0.15) is 28.8 Å². The van der Waals surface area contributed by atoms with E-state index in [0.29, 0.717) is 11.9 Å². The molecule has 1 saturated carbocycles. The highest BCUT2D eigenvalue weighted by Crippen LogP contribution is 2.31. The Labute approximate surface area is 117 Å². The second kappa shape index (κ2) is 5.53. The van der Waals surface area contributed by atoms with E-state index in [4.69, 9.17) is 0 Å². The molecule has 1 aliphatic rings. The maximum Gasteiger partial charge on any atom is 0.416 e. The molecule has 0 saturated heterocycles. The third-order valence-electron chi connectivity index (χ3n) is 3.01. The van der Waals surface area contributed by atoms with Crippen LogP contribution in [0.15, 0.2) is 24.3 Å². The molecule has 0 heterocycles. The normalized spacial score (nSPS) is 15.4. The zero-order chi connectivity index (χ0) is 14.0. The first-order chi connectivity index (χ1) is 8.93. The number of nitrogens with zero attached hydrogens (tertiary/aromatic N) is 1. The molecule has 1 amide bonds. The Kier molecular flexibility index (Phi) is 4.18. The molecular weight excluding hydrogens is 323 g/mol. The van der Waals surface area contributed by atoms with E-state index >= 15 is 0 Å². The molecule has 19 heavy (non-hydrogen) atoms. The Bertz CT molecular complexity index is 471. The molecule has 2 nitrogen and oxygen atoms in total. The van der Waals surface area contributed by atoms with Gasteiger partial charge in [-0.1, -0.05) is 22.0 Å². The van der Waals surface area contributed by atoms with Crippen LogP contribution in [0.3, 0.4) is 0 Å². The van der Waals surface area contributed by atoms with Crippen LogP contribution in [-0.4, -0.2) is 28.7 Å². The molecule has 0 unspecified atom stereocenters. The second-order valence-electron chi connectivity index (χ2n) is 4.50. The van der Waals surface area contributed by atoms with Crippen LogP contribution in [0.2, 0.25) is 0 Å². The maximum absolute atomic E-state index is 12.6. The minimum Gasteiger partial charge on any atom is -0.335 e. The van der Waals surface area contributed by atoms with Crippen molar-refractivity contribution in [2.75, 3.05) is 11.9 Å². The minimum atomic E-state index is -4.42. The van der Waals surface area contributed by atoms with Gasteiger partial charge >= 0.3 is 6.18 Å². The number of amides is 1. The topological polar surface area (TPSA) is 20.3 Å². The Morgan fingerprint density at radius 1 is 1.37 bits per heavy atom. The van der Waals surface area contributed by atoms with Crippen molar-refractivity contribution >= 4 is 21.8 Å². The molecule has 0 aromatic heterocycles. The van der Waals surface area contributed by atoms with E-state index in [1.54, 1.807) is 4.90 Å². The number of benzene rings is 1. The predicted octanol–water partition coefficient (Wildman–Crippen LogP) is 3.70. The first-order valence-corrected chi connectivity index (χ1v) is 7.10. The van der Waals surface area contributed by atoms with Crippen molar-refractivity contribution < 1.29 is 18.0 Å². The lowest BCUT2D eigenvalue weighted by Crippen LogP contribution is -2.34. The van der Waals surface area contributed by atoms with Gasteiger partial charge in [0, 0.05) is 23.5 Å². The first kappa shape index (κ1) is 14.4. The van der Waals surface area contributed by atoms with Gasteiger partial charge in [0.05, 0.1) is 5.56 Å². The summed E-state index contributed by atoms with van der Waals surface area (Å²) >= 11 is 3.26. The zero-order valence-corrected chi connectivity index (χ0v) is 11.7. The molecule has 1 aromatic carbocycles. The molecule has 0 atom stereocenters. The van der Waals surface area contributed by atoms with Gasteiger partial charge in [0.1, 0.15) is 0 Å². The van der Waals surface area contributed by atoms with Crippen LogP contribution in [0.4, 0.5) is 13.2 Å². The lowest BCUT2D eigenvalue weighted by atomic mass is 10.1. The number of alkyl halides is 4. The first-order valence-electron chi connectivity index (χ1n) is 5.97. The highest BCUT2D eigenvalue weighted by molar-refractivity contribution is 9.09. The molecule has 6 heteroatoms. The zero-order valence-electron chi connectivity index (χ0n) is 10.1. The van der Waals surface area contributed by atoms with Crippen molar-refractivity contribution in [1.82, 2.24) is 4.90 Å². The molecule has 0 aliphatic heterocycles. The quantitative estimate of drug-likeness (QED) is 0.768. The van der Waals surface area contributed by atoms with Crippen molar-refractivity contribution in [2.24, 2.45) is 0 Å². The van der Waals surface area contributed by atoms with E-state index < -0.39 is 11.7 Å². The van der Waals surface area contributed by atoms with Crippen LogP contribution in [0.25, 0.3) is 0 Å². The van der Waals surface area contributed by atoms with Crippen molar-refractivity contribution in [3.8, 4) is 0 Å². The van der Waals surface area contributed by atoms with Gasteiger partial charge in [-0.15, -0.1) is 0 Å². The molecule has 0 spiro atoms. The van der Waals surface area contributed by atoms with Gasteiger partial charge in [-0.2, -0.15) is 13.2 Å². The number of carbonyl (C=O) groups excluding carboxylic acids is 1. The van der Waals surface area contributed by atoms with Crippen LogP contribution in [0.5, 0.6) is 0 Å². The Hall–Kier alpha value is -1.04. The molecule has 104 valence electrons. The van der Waals surface area contributed by atoms with Crippen molar-refractivity contribution in [1.29, 1.82) is 0 Å². The SMILES string of the molecule is O=C(c1cccc(C(F)(F)F)c1)N(CCBr)C1CC1. The fourth-order valence-corrected chi connectivity index (χ4v) is 2.30. The largest absolute Gasteiger partial charge is 0.416 e. The minimum absolute atomic E-state index is 0.0997. The summed E-state index contributed by atoms with van der Waals surface area (Å²) in [5, 5.41) is 0.619. The molecule has 0 N–H and O–H groups in total. The van der Waals surface area contributed by atoms with Gasteiger partial charge < -0.3 is 4.90 Å². The predicted molar refractivity (Wildman–Crippen MR) is 69.3 cm³/mol.